The van der Waals surface area contributed by atoms with Crippen LogP contribution in [-0.4, -0.2) is 32.5 Å². The van der Waals surface area contributed by atoms with Gasteiger partial charge in [0, 0.05) is 25.0 Å². The van der Waals surface area contributed by atoms with Gasteiger partial charge in [-0.05, 0) is 59.5 Å². The van der Waals surface area contributed by atoms with E-state index in [1.54, 1.807) is 18.6 Å². The second-order valence-electron chi connectivity index (χ2n) is 9.62. The van der Waals surface area contributed by atoms with Crippen LogP contribution in [-0.2, 0) is 17.9 Å². The van der Waals surface area contributed by atoms with Gasteiger partial charge in [-0.25, -0.2) is 4.68 Å². The van der Waals surface area contributed by atoms with Gasteiger partial charge in [0.15, 0.2) is 0 Å². The van der Waals surface area contributed by atoms with Crippen molar-refractivity contribution in [3.8, 4) is 0 Å². The molecule has 2 heterocycles. The maximum atomic E-state index is 13.1. The highest BCUT2D eigenvalue weighted by Gasteiger charge is 2.56. The van der Waals surface area contributed by atoms with Crippen LogP contribution in [0.25, 0.3) is 0 Å². The molecule has 4 atom stereocenters. The zero-order valence-corrected chi connectivity index (χ0v) is 20.1. The number of fused-ring (bicyclic) bond motifs is 2. The van der Waals surface area contributed by atoms with Crippen molar-refractivity contribution in [2.24, 2.45) is 23.2 Å². The van der Waals surface area contributed by atoms with Crippen molar-refractivity contribution < 1.29 is 4.79 Å². The normalized spacial score (nSPS) is 25.6. The fourth-order valence-electron chi connectivity index (χ4n) is 5.40. The summed E-state index contributed by atoms with van der Waals surface area (Å²) in [5, 5.41) is 10.8. The third-order valence-corrected chi connectivity index (χ3v) is 8.49. The molecule has 0 saturated heterocycles. The number of pyridine rings is 1. The van der Waals surface area contributed by atoms with E-state index in [0.29, 0.717) is 28.8 Å². The smallest absolute Gasteiger partial charge is 0.283 e. The molecule has 8 heteroatoms. The quantitative estimate of drug-likeness (QED) is 0.592. The Morgan fingerprint density at radius 2 is 2.03 bits per heavy atom. The van der Waals surface area contributed by atoms with Gasteiger partial charge in [-0.2, -0.15) is 5.10 Å². The van der Waals surface area contributed by atoms with E-state index < -0.39 is 0 Å². The van der Waals surface area contributed by atoms with Crippen molar-refractivity contribution in [2.75, 3.05) is 11.1 Å². The molecular formula is C24H33N5O2S. The van der Waals surface area contributed by atoms with E-state index in [-0.39, 0.29) is 18.0 Å². The van der Waals surface area contributed by atoms with Crippen LogP contribution in [0.2, 0.25) is 0 Å². The third kappa shape index (κ3) is 4.42. The Hall–Kier alpha value is -2.35. The van der Waals surface area contributed by atoms with Gasteiger partial charge in [-0.3, -0.25) is 14.6 Å². The predicted molar refractivity (Wildman–Crippen MR) is 128 cm³/mol. The van der Waals surface area contributed by atoms with Gasteiger partial charge in [0.1, 0.15) is 6.54 Å². The van der Waals surface area contributed by atoms with Crippen LogP contribution >= 0.6 is 11.8 Å². The van der Waals surface area contributed by atoms with E-state index in [0.717, 1.165) is 35.3 Å². The first kappa shape index (κ1) is 22.8. The topological polar surface area (TPSA) is 88.9 Å². The molecule has 0 aliphatic heterocycles. The largest absolute Gasteiger partial charge is 0.380 e. The first-order chi connectivity index (χ1) is 15.3. The van der Waals surface area contributed by atoms with E-state index in [4.69, 9.17) is 0 Å². The van der Waals surface area contributed by atoms with E-state index in [1.807, 2.05) is 19.1 Å². The second-order valence-corrected chi connectivity index (χ2v) is 10.9. The number of carbonyl (C=O) groups is 1. The number of aromatic nitrogens is 3. The highest BCUT2D eigenvalue weighted by atomic mass is 32.2. The lowest BCUT2D eigenvalue weighted by Gasteiger charge is -2.62. The maximum Gasteiger partial charge on any atom is 0.283 e. The fourth-order valence-corrected chi connectivity index (χ4v) is 6.19. The van der Waals surface area contributed by atoms with Gasteiger partial charge in [0.05, 0.1) is 16.8 Å². The number of anilines is 1. The molecule has 5 rings (SSSR count). The van der Waals surface area contributed by atoms with Gasteiger partial charge in [0.2, 0.25) is 5.91 Å². The lowest BCUT2D eigenvalue weighted by atomic mass is 9.45. The van der Waals surface area contributed by atoms with Crippen molar-refractivity contribution in [1.82, 2.24) is 20.1 Å². The number of carbonyl (C=O) groups excluding carboxylic acids is 1. The average molecular weight is 456 g/mol. The summed E-state index contributed by atoms with van der Waals surface area (Å²) < 4.78 is 1.26. The van der Waals surface area contributed by atoms with Gasteiger partial charge in [0.25, 0.3) is 5.56 Å². The molecule has 32 heavy (non-hydrogen) atoms. The predicted octanol–water partition coefficient (Wildman–Crippen LogP) is 3.55. The van der Waals surface area contributed by atoms with Crippen LogP contribution in [0.1, 0.15) is 46.1 Å². The Labute approximate surface area is 193 Å². The summed E-state index contributed by atoms with van der Waals surface area (Å²) in [4.78, 5) is 30.2. The zero-order chi connectivity index (χ0) is 22.9. The highest BCUT2D eigenvalue weighted by Crippen LogP contribution is 2.61. The number of nitrogens with one attached hydrogen (secondary N) is 2. The molecule has 2 bridgehead atoms. The van der Waals surface area contributed by atoms with Crippen LogP contribution in [0.15, 0.2) is 40.4 Å². The minimum atomic E-state index is -0.243. The summed E-state index contributed by atoms with van der Waals surface area (Å²) in [7, 11) is 0. The van der Waals surface area contributed by atoms with Crippen LogP contribution < -0.4 is 16.2 Å². The summed E-state index contributed by atoms with van der Waals surface area (Å²) in [6, 6.07) is 4.04. The Kier molecular flexibility index (Phi) is 6.60. The van der Waals surface area contributed by atoms with Gasteiger partial charge >= 0.3 is 0 Å². The molecule has 0 spiro atoms. The highest BCUT2D eigenvalue weighted by molar-refractivity contribution is 7.99. The Bertz CT molecular complexity index is 1020. The number of amides is 1. The van der Waals surface area contributed by atoms with E-state index >= 15 is 0 Å². The molecule has 0 unspecified atom stereocenters. The molecular weight excluding hydrogens is 422 g/mol. The van der Waals surface area contributed by atoms with Gasteiger partial charge in [-0.15, -0.1) is 11.8 Å². The van der Waals surface area contributed by atoms with Gasteiger partial charge in [-0.1, -0.05) is 27.7 Å². The summed E-state index contributed by atoms with van der Waals surface area (Å²) in [5.74, 6) is 2.55. The maximum absolute atomic E-state index is 13.1. The van der Waals surface area contributed by atoms with E-state index in [1.165, 1.54) is 22.9 Å². The van der Waals surface area contributed by atoms with Crippen molar-refractivity contribution in [3.63, 3.8) is 0 Å². The molecule has 0 radical (unpaired) electrons. The van der Waals surface area contributed by atoms with Crippen LogP contribution in [0.4, 0.5) is 5.69 Å². The van der Waals surface area contributed by atoms with E-state index in [2.05, 4.69) is 41.5 Å². The van der Waals surface area contributed by atoms with Crippen LogP contribution in [0.5, 0.6) is 0 Å². The summed E-state index contributed by atoms with van der Waals surface area (Å²) in [5.41, 5.74) is 1.96. The molecule has 0 aromatic carbocycles. The monoisotopic (exact) mass is 455 g/mol. The van der Waals surface area contributed by atoms with Crippen LogP contribution in [0.3, 0.4) is 0 Å². The molecule has 3 aliphatic rings. The number of rotatable bonds is 8. The van der Waals surface area contributed by atoms with E-state index in [9.17, 15) is 9.59 Å². The summed E-state index contributed by atoms with van der Waals surface area (Å²) in [6.45, 7) is 9.43. The van der Waals surface area contributed by atoms with Crippen molar-refractivity contribution in [1.29, 1.82) is 0 Å². The molecule has 1 amide bonds. The fraction of sp³-hybridized carbons (Fsp3) is 0.583. The molecule has 3 saturated carbocycles. The molecule has 7 nitrogen and oxygen atoms in total. The molecule has 2 N–H and O–H groups in total. The average Bonchev–Trinajstić information content (AvgIpc) is 2.78. The molecule has 3 fully saturated rings. The SMILES string of the molecule is CCSc1c(N[C@@H]2C[C@H]3C[C@H]([C@@H]2C)C3(C)C)cnn(CC(=O)NCc2ccncc2)c1=O. The minimum Gasteiger partial charge on any atom is -0.380 e. The third-order valence-electron chi connectivity index (χ3n) is 7.52. The first-order valence-corrected chi connectivity index (χ1v) is 12.4. The second kappa shape index (κ2) is 9.25. The number of hydrogen-bond donors (Lipinski definition) is 2. The van der Waals surface area contributed by atoms with Crippen molar-refractivity contribution in [2.45, 2.75) is 64.6 Å². The summed E-state index contributed by atoms with van der Waals surface area (Å²) >= 11 is 1.51. The lowest BCUT2D eigenvalue weighted by molar-refractivity contribution is -0.122. The zero-order valence-electron chi connectivity index (χ0n) is 19.3. The van der Waals surface area contributed by atoms with Crippen molar-refractivity contribution >= 4 is 23.4 Å². The van der Waals surface area contributed by atoms with Crippen molar-refractivity contribution in [3.05, 3.63) is 46.6 Å². The molecule has 2 aromatic heterocycles. The Balaban J connectivity index is 1.45. The number of hydrogen-bond acceptors (Lipinski definition) is 6. The Morgan fingerprint density at radius 1 is 1.28 bits per heavy atom. The van der Waals surface area contributed by atoms with Gasteiger partial charge < -0.3 is 10.6 Å². The van der Waals surface area contributed by atoms with Crippen LogP contribution in [0, 0.1) is 23.2 Å². The first-order valence-electron chi connectivity index (χ1n) is 11.5. The standard InChI is InChI=1S/C24H33N5O2S/c1-5-32-22-20(28-19-11-17-10-18(15(19)2)24(17,3)4)13-27-29(23(22)31)14-21(30)26-12-16-6-8-25-9-7-16/h6-9,13,15,17-19,28H,5,10-12,14H2,1-4H3,(H,26,30)/t15-,17+,18+,19+/m0/s1. The summed E-state index contributed by atoms with van der Waals surface area (Å²) in [6.07, 6.45) is 7.53. The number of nitrogens with zero attached hydrogens (tertiary/aromatic N) is 3. The minimum absolute atomic E-state index is 0.0976. The number of thioether (sulfide) groups is 1. The molecule has 3 aliphatic carbocycles. The molecule has 2 aromatic rings. The molecule has 172 valence electrons. The Morgan fingerprint density at radius 3 is 2.69 bits per heavy atom. The lowest BCUT2D eigenvalue weighted by Crippen LogP contribution is -2.58.